The van der Waals surface area contributed by atoms with Gasteiger partial charge < -0.3 is 14.4 Å². The van der Waals surface area contributed by atoms with Crippen molar-refractivity contribution in [3.8, 4) is 11.8 Å². The Kier molecular flexibility index (Phi) is 6.26. The normalized spacial score (nSPS) is 11.0. The van der Waals surface area contributed by atoms with Crippen LogP contribution in [0.3, 0.4) is 0 Å². The zero-order chi connectivity index (χ0) is 18.4. The standard InChI is InChI=1S/C16H19F2N3O4/c1-10(2)14-19-16(25-20-14)23-9-13(22)21(3)8-11-4-6-12(7-5-11)24-15(17)18/h4-7,10,15H,8-9H2,1-3H3. The van der Waals surface area contributed by atoms with Gasteiger partial charge in [-0.25, -0.2) is 0 Å². The molecule has 0 aliphatic heterocycles. The lowest BCUT2D eigenvalue weighted by Gasteiger charge is -2.17. The molecule has 1 aromatic carbocycles. The second kappa shape index (κ2) is 8.41. The number of amides is 1. The molecule has 136 valence electrons. The lowest BCUT2D eigenvalue weighted by atomic mass is 10.2. The predicted molar refractivity (Wildman–Crippen MR) is 83.4 cm³/mol. The molecule has 0 atom stereocenters. The third kappa shape index (κ3) is 5.70. The van der Waals surface area contributed by atoms with Crippen molar-refractivity contribution in [3.05, 3.63) is 35.7 Å². The van der Waals surface area contributed by atoms with Crippen LogP contribution in [0.4, 0.5) is 8.78 Å². The molecule has 25 heavy (non-hydrogen) atoms. The van der Waals surface area contributed by atoms with Crippen molar-refractivity contribution in [2.45, 2.75) is 32.9 Å². The fourth-order valence-electron chi connectivity index (χ4n) is 1.89. The maximum Gasteiger partial charge on any atom is 0.417 e. The third-order valence-electron chi connectivity index (χ3n) is 3.25. The van der Waals surface area contributed by atoms with E-state index < -0.39 is 6.61 Å². The fraction of sp³-hybridized carbons (Fsp3) is 0.438. The second-order valence-corrected chi connectivity index (χ2v) is 5.63. The molecule has 0 radical (unpaired) electrons. The average Bonchev–Trinajstić information content (AvgIpc) is 3.03. The van der Waals surface area contributed by atoms with Gasteiger partial charge in [0.05, 0.1) is 0 Å². The molecule has 0 saturated heterocycles. The Balaban J connectivity index is 1.83. The average molecular weight is 355 g/mol. The van der Waals surface area contributed by atoms with E-state index in [-0.39, 0.29) is 36.8 Å². The van der Waals surface area contributed by atoms with Gasteiger partial charge in [-0.2, -0.15) is 13.8 Å². The number of aromatic nitrogens is 2. The van der Waals surface area contributed by atoms with E-state index in [1.54, 1.807) is 19.2 Å². The quantitative estimate of drug-likeness (QED) is 0.725. The summed E-state index contributed by atoms with van der Waals surface area (Å²) in [6.07, 6.45) is -0.0565. The van der Waals surface area contributed by atoms with Crippen LogP contribution in [0.5, 0.6) is 11.8 Å². The van der Waals surface area contributed by atoms with Gasteiger partial charge in [-0.05, 0) is 17.7 Å². The number of benzene rings is 1. The molecule has 0 fully saturated rings. The molecule has 0 N–H and O–H groups in total. The van der Waals surface area contributed by atoms with Gasteiger partial charge in [0.15, 0.2) is 12.4 Å². The van der Waals surface area contributed by atoms with Crippen molar-refractivity contribution in [2.24, 2.45) is 0 Å². The molecule has 0 bridgehead atoms. The van der Waals surface area contributed by atoms with Crippen LogP contribution in [0.15, 0.2) is 28.8 Å². The second-order valence-electron chi connectivity index (χ2n) is 5.63. The van der Waals surface area contributed by atoms with Crippen molar-refractivity contribution in [1.82, 2.24) is 15.0 Å². The molecule has 1 amide bonds. The van der Waals surface area contributed by atoms with E-state index in [0.29, 0.717) is 5.82 Å². The number of carbonyl (C=O) groups excluding carboxylic acids is 1. The molecule has 1 aromatic heterocycles. The molecule has 0 saturated carbocycles. The molecule has 0 unspecified atom stereocenters. The molecule has 0 spiro atoms. The molecule has 1 heterocycles. The summed E-state index contributed by atoms with van der Waals surface area (Å²) >= 11 is 0. The number of halogens is 2. The van der Waals surface area contributed by atoms with Gasteiger partial charge in [-0.3, -0.25) is 9.32 Å². The van der Waals surface area contributed by atoms with E-state index in [1.807, 2.05) is 13.8 Å². The number of alkyl halides is 2. The Bertz CT molecular complexity index is 689. The Morgan fingerprint density at radius 3 is 2.52 bits per heavy atom. The number of hydrogen-bond donors (Lipinski definition) is 0. The third-order valence-corrected chi connectivity index (χ3v) is 3.25. The van der Waals surface area contributed by atoms with Gasteiger partial charge in [0.1, 0.15) is 5.75 Å². The summed E-state index contributed by atoms with van der Waals surface area (Å²) in [7, 11) is 1.60. The van der Waals surface area contributed by atoms with Crippen molar-refractivity contribution in [2.75, 3.05) is 13.7 Å². The van der Waals surface area contributed by atoms with Crippen LogP contribution in [0.2, 0.25) is 0 Å². The first-order chi connectivity index (χ1) is 11.8. The van der Waals surface area contributed by atoms with E-state index in [0.717, 1.165) is 5.56 Å². The van der Waals surface area contributed by atoms with Gasteiger partial charge >= 0.3 is 12.7 Å². The van der Waals surface area contributed by atoms with Crippen molar-refractivity contribution in [1.29, 1.82) is 0 Å². The molecule has 0 aliphatic rings. The molecule has 7 nitrogen and oxygen atoms in total. The number of carbonyl (C=O) groups is 1. The molecule has 9 heteroatoms. The smallest absolute Gasteiger partial charge is 0.417 e. The summed E-state index contributed by atoms with van der Waals surface area (Å²) in [5.74, 6) is 0.365. The van der Waals surface area contributed by atoms with Crippen molar-refractivity contribution < 1.29 is 27.6 Å². The predicted octanol–water partition coefficient (Wildman–Crippen LogP) is 2.83. The van der Waals surface area contributed by atoms with Crippen molar-refractivity contribution in [3.63, 3.8) is 0 Å². The first-order valence-corrected chi connectivity index (χ1v) is 7.59. The van der Waals surface area contributed by atoms with E-state index >= 15 is 0 Å². The van der Waals surface area contributed by atoms with Crippen LogP contribution in [0.1, 0.15) is 31.2 Å². The molecule has 2 aromatic rings. The minimum atomic E-state index is -2.87. The summed E-state index contributed by atoms with van der Waals surface area (Å²) in [6, 6.07) is 6.05. The number of rotatable bonds is 8. The van der Waals surface area contributed by atoms with Crippen LogP contribution < -0.4 is 9.47 Å². The molecule has 2 rings (SSSR count). The first kappa shape index (κ1) is 18.6. The zero-order valence-corrected chi connectivity index (χ0v) is 14.1. The highest BCUT2D eigenvalue weighted by Gasteiger charge is 2.15. The van der Waals surface area contributed by atoms with Crippen LogP contribution in [-0.4, -0.2) is 41.2 Å². The Morgan fingerprint density at radius 2 is 1.96 bits per heavy atom. The van der Waals surface area contributed by atoms with E-state index in [9.17, 15) is 13.6 Å². The van der Waals surface area contributed by atoms with Gasteiger partial charge in [0.25, 0.3) is 5.91 Å². The van der Waals surface area contributed by atoms with Gasteiger partial charge in [-0.1, -0.05) is 31.1 Å². The fourth-order valence-corrected chi connectivity index (χ4v) is 1.89. The summed E-state index contributed by atoms with van der Waals surface area (Å²) < 4.78 is 38.5. The highest BCUT2D eigenvalue weighted by Crippen LogP contribution is 2.16. The summed E-state index contributed by atoms with van der Waals surface area (Å²) in [6.45, 7) is 0.991. The maximum atomic E-state index is 12.1. The van der Waals surface area contributed by atoms with Gasteiger partial charge in [0.2, 0.25) is 0 Å². The van der Waals surface area contributed by atoms with Crippen LogP contribution in [-0.2, 0) is 11.3 Å². The summed E-state index contributed by atoms with van der Waals surface area (Å²) in [5, 5.41) is 3.73. The Hall–Kier alpha value is -2.71. The van der Waals surface area contributed by atoms with Gasteiger partial charge in [0, 0.05) is 19.5 Å². The lowest BCUT2D eigenvalue weighted by Crippen LogP contribution is -2.31. The molecular weight excluding hydrogens is 336 g/mol. The lowest BCUT2D eigenvalue weighted by molar-refractivity contribution is -0.133. The van der Waals surface area contributed by atoms with E-state index in [2.05, 4.69) is 14.9 Å². The number of nitrogens with zero attached hydrogens (tertiary/aromatic N) is 3. The first-order valence-electron chi connectivity index (χ1n) is 7.59. The Morgan fingerprint density at radius 1 is 1.28 bits per heavy atom. The Labute approximate surface area is 143 Å². The number of ether oxygens (including phenoxy) is 2. The van der Waals surface area contributed by atoms with Crippen LogP contribution in [0.25, 0.3) is 0 Å². The molecule has 0 aliphatic carbocycles. The van der Waals surface area contributed by atoms with E-state index in [4.69, 9.17) is 9.26 Å². The maximum absolute atomic E-state index is 12.1. The highest BCUT2D eigenvalue weighted by atomic mass is 19.3. The van der Waals surface area contributed by atoms with Crippen LogP contribution in [0, 0.1) is 0 Å². The van der Waals surface area contributed by atoms with E-state index in [1.165, 1.54) is 17.0 Å². The largest absolute Gasteiger partial charge is 0.439 e. The minimum absolute atomic E-state index is 0.0565. The summed E-state index contributed by atoms with van der Waals surface area (Å²) in [4.78, 5) is 17.5. The monoisotopic (exact) mass is 355 g/mol. The van der Waals surface area contributed by atoms with Gasteiger partial charge in [-0.15, -0.1) is 0 Å². The van der Waals surface area contributed by atoms with Crippen LogP contribution >= 0.6 is 0 Å². The SMILES string of the molecule is CC(C)c1noc(OCC(=O)N(C)Cc2ccc(OC(F)F)cc2)n1. The molecular formula is C16H19F2N3O4. The topological polar surface area (TPSA) is 77.7 Å². The number of hydrogen-bond acceptors (Lipinski definition) is 6. The van der Waals surface area contributed by atoms with Crippen molar-refractivity contribution >= 4 is 5.91 Å². The summed E-state index contributed by atoms with van der Waals surface area (Å²) in [5.41, 5.74) is 0.761. The minimum Gasteiger partial charge on any atom is -0.439 e. The zero-order valence-electron chi connectivity index (χ0n) is 14.1. The number of likely N-dealkylation sites (N-methyl/N-ethyl adjacent to an activating group) is 1. The highest BCUT2D eigenvalue weighted by molar-refractivity contribution is 5.77.